The van der Waals surface area contributed by atoms with Crippen LogP contribution in [0.15, 0.2) is 33.6 Å². The lowest BCUT2D eigenvalue weighted by Gasteiger charge is -2.24. The van der Waals surface area contributed by atoms with E-state index in [0.717, 1.165) is 31.4 Å². The van der Waals surface area contributed by atoms with Crippen molar-refractivity contribution in [1.29, 1.82) is 0 Å². The molecule has 0 unspecified atom stereocenters. The molecule has 0 saturated heterocycles. The maximum atomic E-state index is 12.0. The molecule has 102 valence electrons. The van der Waals surface area contributed by atoms with Crippen molar-refractivity contribution in [2.24, 2.45) is 10.1 Å². The van der Waals surface area contributed by atoms with E-state index in [1.54, 1.807) is 12.1 Å². The number of amidine groups is 1. The fraction of sp³-hybridized carbons (Fsp3) is 0.462. The Labute approximate surface area is 113 Å². The lowest BCUT2D eigenvalue weighted by molar-refractivity contribution is 0.405. The highest BCUT2D eigenvalue weighted by Crippen LogP contribution is 2.34. The molecular formula is C13H17N3O2S. The zero-order valence-corrected chi connectivity index (χ0v) is 11.4. The van der Waals surface area contributed by atoms with Crippen LogP contribution < -0.4 is 5.73 Å². The molecule has 5 nitrogen and oxygen atoms in total. The van der Waals surface area contributed by atoms with Crippen LogP contribution in [-0.4, -0.2) is 38.3 Å². The second-order valence-electron chi connectivity index (χ2n) is 4.95. The number of hydrogen-bond donors (Lipinski definition) is 1. The summed E-state index contributed by atoms with van der Waals surface area (Å²) in [4.78, 5) is 2.43. The van der Waals surface area contributed by atoms with E-state index in [-0.39, 0.29) is 0 Å². The molecule has 1 saturated carbocycles. The van der Waals surface area contributed by atoms with Crippen molar-refractivity contribution in [3.8, 4) is 0 Å². The minimum absolute atomic E-state index is 0.323. The molecule has 2 N–H and O–H groups in total. The smallest absolute Gasteiger partial charge is 0.285 e. The molecule has 0 aromatic heterocycles. The maximum absolute atomic E-state index is 12.0. The number of hydrogen-bond acceptors (Lipinski definition) is 4. The molecular weight excluding hydrogens is 262 g/mol. The van der Waals surface area contributed by atoms with Crippen LogP contribution in [0.25, 0.3) is 0 Å². The Balaban J connectivity index is 2.00. The van der Waals surface area contributed by atoms with Crippen LogP contribution in [0.2, 0.25) is 0 Å². The van der Waals surface area contributed by atoms with Crippen LogP contribution in [0.1, 0.15) is 24.8 Å². The highest BCUT2D eigenvalue weighted by Gasteiger charge is 2.37. The third-order valence-electron chi connectivity index (χ3n) is 3.48. The summed E-state index contributed by atoms with van der Waals surface area (Å²) in [5.74, 6) is 0.603. The first kappa shape index (κ1) is 12.6. The lowest BCUT2D eigenvalue weighted by atomic mass is 10.2. The van der Waals surface area contributed by atoms with Crippen LogP contribution in [0.5, 0.6) is 0 Å². The Morgan fingerprint density at radius 1 is 1.32 bits per heavy atom. The van der Waals surface area contributed by atoms with Crippen LogP contribution in [0.3, 0.4) is 0 Å². The number of nitrogens with zero attached hydrogens (tertiary/aromatic N) is 2. The first-order valence-electron chi connectivity index (χ1n) is 6.54. The summed E-state index contributed by atoms with van der Waals surface area (Å²) in [5.41, 5.74) is 6.29. The zero-order valence-electron chi connectivity index (χ0n) is 10.6. The standard InChI is InChI=1S/C13H17N3O2S/c14-8-3-9-16(10-6-7-10)13-11-4-1-2-5-12(11)19(17,18)15-13/h1-2,4-5,10H,3,6-9,14H2. The first-order valence-corrected chi connectivity index (χ1v) is 7.98. The summed E-state index contributed by atoms with van der Waals surface area (Å²) >= 11 is 0. The SMILES string of the molecule is NCCCN(C1=NS(=O)(=O)c2ccccc21)C1CC1. The second kappa shape index (κ2) is 4.61. The van der Waals surface area contributed by atoms with Gasteiger partial charge in [0.15, 0.2) is 5.84 Å². The van der Waals surface area contributed by atoms with Crippen LogP contribution >= 0.6 is 0 Å². The molecule has 19 heavy (non-hydrogen) atoms. The lowest BCUT2D eigenvalue weighted by Crippen LogP contribution is -2.34. The summed E-state index contributed by atoms with van der Waals surface area (Å²) < 4.78 is 28.1. The fourth-order valence-corrected chi connectivity index (χ4v) is 3.62. The molecule has 1 aliphatic heterocycles. The van der Waals surface area contributed by atoms with E-state index < -0.39 is 10.0 Å². The third-order valence-corrected chi connectivity index (χ3v) is 4.80. The maximum Gasteiger partial charge on any atom is 0.285 e. The van der Waals surface area contributed by atoms with Gasteiger partial charge in [-0.15, -0.1) is 4.40 Å². The quantitative estimate of drug-likeness (QED) is 0.890. The predicted molar refractivity (Wildman–Crippen MR) is 73.6 cm³/mol. The number of rotatable bonds is 4. The van der Waals surface area contributed by atoms with Gasteiger partial charge in [-0.1, -0.05) is 12.1 Å². The molecule has 0 bridgehead atoms. The van der Waals surface area contributed by atoms with Crippen molar-refractivity contribution in [2.45, 2.75) is 30.2 Å². The Hall–Kier alpha value is -1.40. The topological polar surface area (TPSA) is 75.8 Å². The van der Waals surface area contributed by atoms with Gasteiger partial charge in [-0.05, 0) is 37.9 Å². The fourth-order valence-electron chi connectivity index (χ4n) is 2.40. The highest BCUT2D eigenvalue weighted by atomic mass is 32.2. The molecule has 6 heteroatoms. The van der Waals surface area contributed by atoms with Crippen molar-refractivity contribution in [1.82, 2.24) is 4.90 Å². The predicted octanol–water partition coefficient (Wildman–Crippen LogP) is 0.949. The second-order valence-corrected chi connectivity index (χ2v) is 6.53. The van der Waals surface area contributed by atoms with Crippen molar-refractivity contribution >= 4 is 15.9 Å². The van der Waals surface area contributed by atoms with Gasteiger partial charge < -0.3 is 10.6 Å². The molecule has 1 aromatic carbocycles. The molecule has 0 radical (unpaired) electrons. The van der Waals surface area contributed by atoms with Crippen molar-refractivity contribution in [2.75, 3.05) is 13.1 Å². The van der Waals surface area contributed by atoms with Crippen molar-refractivity contribution in [3.05, 3.63) is 29.8 Å². The molecule has 3 rings (SSSR count). The Morgan fingerprint density at radius 2 is 2.05 bits per heavy atom. The summed E-state index contributed by atoms with van der Waals surface area (Å²) in [5, 5.41) is 0. The van der Waals surface area contributed by atoms with Crippen molar-refractivity contribution < 1.29 is 8.42 Å². The van der Waals surface area contributed by atoms with Crippen molar-refractivity contribution in [3.63, 3.8) is 0 Å². The summed E-state index contributed by atoms with van der Waals surface area (Å²) in [7, 11) is -3.52. The molecule has 0 spiro atoms. The molecule has 0 amide bonds. The Kier molecular flexibility index (Phi) is 3.06. The monoisotopic (exact) mass is 279 g/mol. The van der Waals surface area contributed by atoms with E-state index in [1.807, 2.05) is 12.1 Å². The molecule has 0 atom stereocenters. The summed E-state index contributed by atoms with van der Waals surface area (Å²) in [6.45, 7) is 1.37. The first-order chi connectivity index (χ1) is 9.13. The number of sulfonamides is 1. The minimum Gasteiger partial charge on any atom is -0.352 e. The average Bonchev–Trinajstić information content (AvgIpc) is 3.18. The Morgan fingerprint density at radius 3 is 2.74 bits per heavy atom. The normalized spacial score (nSPS) is 19.9. The minimum atomic E-state index is -3.52. The van der Waals surface area contributed by atoms with Gasteiger partial charge in [0.2, 0.25) is 0 Å². The summed E-state index contributed by atoms with van der Waals surface area (Å²) in [6.07, 6.45) is 3.05. The van der Waals surface area contributed by atoms with Gasteiger partial charge in [-0.2, -0.15) is 8.42 Å². The molecule has 1 fully saturated rings. The molecule has 1 aromatic rings. The van der Waals surface area contributed by atoms with Crippen LogP contribution in [0.4, 0.5) is 0 Å². The van der Waals surface area contributed by atoms with E-state index in [0.29, 0.717) is 23.3 Å². The van der Waals surface area contributed by atoms with Gasteiger partial charge in [-0.3, -0.25) is 0 Å². The van der Waals surface area contributed by atoms with E-state index in [1.165, 1.54) is 0 Å². The number of nitrogens with two attached hydrogens (primary N) is 1. The van der Waals surface area contributed by atoms with Gasteiger partial charge in [-0.25, -0.2) is 0 Å². The molecule has 1 aliphatic carbocycles. The number of fused-ring (bicyclic) bond motifs is 1. The summed E-state index contributed by atoms with van der Waals surface area (Å²) in [6, 6.07) is 7.46. The van der Waals surface area contributed by atoms with E-state index in [9.17, 15) is 8.42 Å². The molecule has 1 heterocycles. The zero-order chi connectivity index (χ0) is 13.5. The molecule has 2 aliphatic rings. The largest absolute Gasteiger partial charge is 0.352 e. The van der Waals surface area contributed by atoms with Crippen LogP contribution in [0, 0.1) is 0 Å². The van der Waals surface area contributed by atoms with E-state index in [2.05, 4.69) is 9.30 Å². The van der Waals surface area contributed by atoms with Gasteiger partial charge >= 0.3 is 0 Å². The van der Waals surface area contributed by atoms with Gasteiger partial charge in [0.05, 0.1) is 0 Å². The van der Waals surface area contributed by atoms with Gasteiger partial charge in [0.25, 0.3) is 10.0 Å². The van der Waals surface area contributed by atoms with Crippen LogP contribution in [-0.2, 0) is 10.0 Å². The Bertz CT molecular complexity index is 621. The average molecular weight is 279 g/mol. The van der Waals surface area contributed by atoms with Gasteiger partial charge in [0, 0.05) is 18.2 Å². The van der Waals surface area contributed by atoms with E-state index in [4.69, 9.17) is 5.73 Å². The van der Waals surface area contributed by atoms with Gasteiger partial charge in [0.1, 0.15) is 4.90 Å². The number of benzene rings is 1. The highest BCUT2D eigenvalue weighted by molar-refractivity contribution is 7.90. The van der Waals surface area contributed by atoms with E-state index >= 15 is 0 Å². The third kappa shape index (κ3) is 2.26.